The molecule has 2 aliphatic rings. The second-order valence-electron chi connectivity index (χ2n) is 6.69. The fourth-order valence-electron chi connectivity index (χ4n) is 3.58. The Hall–Kier alpha value is -1.95. The zero-order valence-electron chi connectivity index (χ0n) is 13.8. The van der Waals surface area contributed by atoms with Crippen molar-refractivity contribution in [2.24, 2.45) is 0 Å². The third kappa shape index (κ3) is 2.79. The lowest BCUT2D eigenvalue weighted by Crippen LogP contribution is -2.32. The van der Waals surface area contributed by atoms with Crippen molar-refractivity contribution in [3.05, 3.63) is 48.8 Å². The number of hydrogen-bond acceptors (Lipinski definition) is 4. The summed E-state index contributed by atoms with van der Waals surface area (Å²) in [5.41, 5.74) is 3.19. The minimum Gasteiger partial charge on any atom is -0.343 e. The average Bonchev–Trinajstić information content (AvgIpc) is 3.19. The molecule has 5 nitrogen and oxygen atoms in total. The number of amides is 1. The van der Waals surface area contributed by atoms with Gasteiger partial charge in [-0.3, -0.25) is 9.59 Å². The lowest BCUT2D eigenvalue weighted by atomic mass is 10.0. The van der Waals surface area contributed by atoms with E-state index in [0.29, 0.717) is 0 Å². The summed E-state index contributed by atoms with van der Waals surface area (Å²) >= 11 is 1.69. The summed E-state index contributed by atoms with van der Waals surface area (Å²) in [5.74, 6) is -0.313. The normalized spacial score (nSPS) is 17.2. The molecule has 0 saturated heterocycles. The Morgan fingerprint density at radius 3 is 2.92 bits per heavy atom. The summed E-state index contributed by atoms with van der Waals surface area (Å²) in [4.78, 5) is 33.6. The lowest BCUT2D eigenvalue weighted by Gasteiger charge is -2.11. The van der Waals surface area contributed by atoms with Gasteiger partial charge in [0.25, 0.3) is 11.5 Å². The van der Waals surface area contributed by atoms with Crippen LogP contribution in [0.25, 0.3) is 0 Å². The number of hydrogen-bond donors (Lipinski definition) is 2. The van der Waals surface area contributed by atoms with Gasteiger partial charge in [0, 0.05) is 10.6 Å². The Morgan fingerprint density at radius 1 is 1.25 bits per heavy atom. The van der Waals surface area contributed by atoms with E-state index in [2.05, 4.69) is 10.3 Å². The molecule has 2 aromatic heterocycles. The topological polar surface area (TPSA) is 74.8 Å². The maximum Gasteiger partial charge on any atom is 0.261 e. The first-order valence-corrected chi connectivity index (χ1v) is 9.48. The summed E-state index contributed by atoms with van der Waals surface area (Å²) in [5, 5.41) is 3.88. The maximum absolute atomic E-state index is 12.5. The molecular weight excluding hydrogens is 322 g/mol. The molecule has 0 bridgehead atoms. The highest BCUT2D eigenvalue weighted by atomic mass is 32.1. The zero-order valence-corrected chi connectivity index (χ0v) is 14.6. The molecule has 126 valence electrons. The van der Waals surface area contributed by atoms with Crippen LogP contribution in [0.15, 0.2) is 10.9 Å². The summed E-state index contributed by atoms with van der Waals surface area (Å²) in [7, 11) is 0. The molecule has 0 fully saturated rings. The number of thiazole rings is 1. The largest absolute Gasteiger partial charge is 0.343 e. The van der Waals surface area contributed by atoms with Crippen LogP contribution >= 0.6 is 11.3 Å². The molecule has 1 amide bonds. The van der Waals surface area contributed by atoms with Crippen molar-refractivity contribution < 1.29 is 4.79 Å². The quantitative estimate of drug-likeness (QED) is 0.900. The second kappa shape index (κ2) is 6.16. The van der Waals surface area contributed by atoms with Crippen LogP contribution in [0.2, 0.25) is 0 Å². The number of H-pyrrole nitrogens is 1. The van der Waals surface area contributed by atoms with Gasteiger partial charge in [0.05, 0.1) is 11.7 Å². The molecule has 0 aliphatic heterocycles. The van der Waals surface area contributed by atoms with Crippen molar-refractivity contribution in [3.8, 4) is 0 Å². The third-order valence-corrected chi connectivity index (χ3v) is 6.25. The first-order valence-electron chi connectivity index (χ1n) is 8.66. The number of aromatic amines is 1. The smallest absolute Gasteiger partial charge is 0.261 e. The standard InChI is InChI=1S/C18H21N3O2S/c1-10(18-21-14-6-2-3-8-15(14)24-18)19-16(22)12-9-11-5-4-7-13(11)20-17(12)23/h9-10H,2-8H2,1H3,(H,19,22)(H,20,23)/t10-/m1/s1. The number of pyridine rings is 1. The molecule has 0 spiro atoms. The molecular formula is C18H21N3O2S. The van der Waals surface area contributed by atoms with Crippen LogP contribution in [-0.4, -0.2) is 15.9 Å². The first kappa shape index (κ1) is 15.6. The Morgan fingerprint density at radius 2 is 2.08 bits per heavy atom. The van der Waals surface area contributed by atoms with Gasteiger partial charge in [-0.15, -0.1) is 11.3 Å². The summed E-state index contributed by atoms with van der Waals surface area (Å²) in [6.45, 7) is 1.93. The van der Waals surface area contributed by atoms with Crippen LogP contribution in [0.1, 0.15) is 69.4 Å². The fraction of sp³-hybridized carbons (Fsp3) is 0.500. The van der Waals surface area contributed by atoms with Crippen molar-refractivity contribution in [3.63, 3.8) is 0 Å². The molecule has 6 heteroatoms. The van der Waals surface area contributed by atoms with Crippen LogP contribution in [0.4, 0.5) is 0 Å². The van der Waals surface area contributed by atoms with Crippen molar-refractivity contribution in [1.82, 2.24) is 15.3 Å². The van der Waals surface area contributed by atoms with E-state index in [0.717, 1.165) is 48.4 Å². The minimum atomic E-state index is -0.313. The van der Waals surface area contributed by atoms with E-state index in [1.807, 2.05) is 6.92 Å². The van der Waals surface area contributed by atoms with Gasteiger partial charge in [-0.1, -0.05) is 0 Å². The van der Waals surface area contributed by atoms with E-state index in [1.165, 1.54) is 23.4 Å². The Bertz CT molecular complexity index is 829. The fourth-order valence-corrected chi connectivity index (χ4v) is 4.73. The van der Waals surface area contributed by atoms with Crippen LogP contribution in [0, 0.1) is 0 Å². The van der Waals surface area contributed by atoms with Gasteiger partial charge in [0.15, 0.2) is 0 Å². The molecule has 24 heavy (non-hydrogen) atoms. The molecule has 0 unspecified atom stereocenters. The number of aromatic nitrogens is 2. The highest BCUT2D eigenvalue weighted by Gasteiger charge is 2.22. The van der Waals surface area contributed by atoms with Gasteiger partial charge in [-0.2, -0.15) is 0 Å². The Labute approximate surface area is 144 Å². The van der Waals surface area contributed by atoms with Crippen molar-refractivity contribution in [1.29, 1.82) is 0 Å². The van der Waals surface area contributed by atoms with Crippen LogP contribution in [0.5, 0.6) is 0 Å². The van der Waals surface area contributed by atoms with Gasteiger partial charge >= 0.3 is 0 Å². The minimum absolute atomic E-state index is 0.180. The van der Waals surface area contributed by atoms with Crippen molar-refractivity contribution in [2.75, 3.05) is 0 Å². The van der Waals surface area contributed by atoms with Crippen LogP contribution in [-0.2, 0) is 25.7 Å². The highest BCUT2D eigenvalue weighted by molar-refractivity contribution is 7.11. The average molecular weight is 343 g/mol. The van der Waals surface area contributed by atoms with E-state index in [-0.39, 0.29) is 23.1 Å². The molecule has 2 aromatic rings. The van der Waals surface area contributed by atoms with E-state index in [9.17, 15) is 9.59 Å². The van der Waals surface area contributed by atoms with Gasteiger partial charge < -0.3 is 10.3 Å². The number of carbonyl (C=O) groups excluding carboxylic acids is 1. The molecule has 0 aromatic carbocycles. The Kier molecular flexibility index (Phi) is 4.00. The van der Waals surface area contributed by atoms with E-state index in [4.69, 9.17) is 4.98 Å². The van der Waals surface area contributed by atoms with E-state index in [1.54, 1.807) is 17.4 Å². The van der Waals surface area contributed by atoms with Gasteiger partial charge in [-0.25, -0.2) is 4.98 Å². The molecule has 1 atom stereocenters. The zero-order chi connectivity index (χ0) is 16.7. The molecule has 2 aliphatic carbocycles. The van der Waals surface area contributed by atoms with Crippen molar-refractivity contribution >= 4 is 17.2 Å². The molecule has 2 N–H and O–H groups in total. The number of fused-ring (bicyclic) bond motifs is 2. The number of carbonyl (C=O) groups is 1. The molecule has 2 heterocycles. The van der Waals surface area contributed by atoms with Crippen LogP contribution in [0.3, 0.4) is 0 Å². The summed E-state index contributed by atoms with van der Waals surface area (Å²) in [6, 6.07) is 1.58. The summed E-state index contributed by atoms with van der Waals surface area (Å²) < 4.78 is 0. The Balaban J connectivity index is 1.53. The van der Waals surface area contributed by atoms with E-state index >= 15 is 0 Å². The van der Waals surface area contributed by atoms with Gasteiger partial charge in [0.2, 0.25) is 0 Å². The number of rotatable bonds is 3. The van der Waals surface area contributed by atoms with Gasteiger partial charge in [0.1, 0.15) is 10.6 Å². The number of nitrogens with one attached hydrogen (secondary N) is 2. The third-order valence-electron chi connectivity index (χ3n) is 4.91. The maximum atomic E-state index is 12.5. The summed E-state index contributed by atoms with van der Waals surface area (Å²) in [6.07, 6.45) is 7.42. The molecule has 4 rings (SSSR count). The molecule has 0 radical (unpaired) electrons. The number of nitrogens with zero attached hydrogens (tertiary/aromatic N) is 1. The van der Waals surface area contributed by atoms with E-state index < -0.39 is 0 Å². The number of aryl methyl sites for hydroxylation is 4. The monoisotopic (exact) mass is 343 g/mol. The lowest BCUT2D eigenvalue weighted by molar-refractivity contribution is 0.0938. The predicted molar refractivity (Wildman–Crippen MR) is 93.7 cm³/mol. The second-order valence-corrected chi connectivity index (χ2v) is 7.81. The SMILES string of the molecule is C[C@@H](NC(=O)c1cc2c([nH]c1=O)CCC2)c1nc2c(s1)CCCC2. The van der Waals surface area contributed by atoms with Gasteiger partial charge in [-0.05, 0) is 63.5 Å². The predicted octanol–water partition coefficient (Wildman–Crippen LogP) is 2.69. The molecule has 0 saturated carbocycles. The first-order chi connectivity index (χ1) is 11.6. The highest BCUT2D eigenvalue weighted by Crippen LogP contribution is 2.29. The van der Waals surface area contributed by atoms with Crippen molar-refractivity contribution in [2.45, 2.75) is 57.9 Å². The van der Waals surface area contributed by atoms with Crippen LogP contribution < -0.4 is 10.9 Å².